The molecule has 0 spiro atoms. The standard InChI is InChI=1S/C6H13NO.C4H7N3S2/c1-8-5-6-3-2-4-7-6;1-2-8-4-7-6-3(5)9-4/h6-7H,2-5H2,1H3;2H2,1H3,(H2,5,6)/t6-;/m0./s1. The van der Waals surface area contributed by atoms with Gasteiger partial charge >= 0.3 is 0 Å². The van der Waals surface area contributed by atoms with Crippen molar-refractivity contribution >= 4 is 28.2 Å². The Morgan fingerprint density at radius 2 is 2.41 bits per heavy atom. The van der Waals surface area contributed by atoms with Crippen molar-refractivity contribution in [2.75, 3.05) is 31.7 Å². The van der Waals surface area contributed by atoms with Crippen molar-refractivity contribution in [3.8, 4) is 0 Å². The van der Waals surface area contributed by atoms with E-state index in [0.29, 0.717) is 11.2 Å². The summed E-state index contributed by atoms with van der Waals surface area (Å²) in [6, 6.07) is 0.639. The summed E-state index contributed by atoms with van der Waals surface area (Å²) in [6.07, 6.45) is 2.60. The first-order valence-electron chi connectivity index (χ1n) is 5.70. The van der Waals surface area contributed by atoms with Crippen molar-refractivity contribution in [1.82, 2.24) is 15.5 Å². The number of nitrogens with zero attached hydrogens (tertiary/aromatic N) is 2. The van der Waals surface area contributed by atoms with Crippen molar-refractivity contribution in [2.45, 2.75) is 30.1 Å². The second-order valence-corrected chi connectivity index (χ2v) is 6.11. The second-order valence-electron chi connectivity index (χ2n) is 3.59. The normalized spacial score (nSPS) is 18.8. The zero-order valence-corrected chi connectivity index (χ0v) is 11.9. The monoisotopic (exact) mass is 276 g/mol. The molecule has 1 aromatic rings. The molecule has 98 valence electrons. The van der Waals surface area contributed by atoms with Gasteiger partial charge in [-0.15, -0.1) is 10.2 Å². The quantitative estimate of drug-likeness (QED) is 0.814. The minimum absolute atomic E-state index is 0.547. The summed E-state index contributed by atoms with van der Waals surface area (Å²) in [6.45, 7) is 4.12. The Morgan fingerprint density at radius 3 is 2.88 bits per heavy atom. The van der Waals surface area contributed by atoms with Gasteiger partial charge in [0.15, 0.2) is 4.34 Å². The average Bonchev–Trinajstić information content (AvgIpc) is 2.93. The molecule has 0 aliphatic carbocycles. The van der Waals surface area contributed by atoms with Gasteiger partial charge in [0.2, 0.25) is 5.13 Å². The Kier molecular flexibility index (Phi) is 7.50. The highest BCUT2D eigenvalue weighted by Crippen LogP contribution is 2.22. The molecular formula is C10H20N4OS2. The number of hydrogen-bond acceptors (Lipinski definition) is 7. The molecule has 2 rings (SSSR count). The van der Waals surface area contributed by atoms with Gasteiger partial charge in [0.1, 0.15) is 0 Å². The first-order valence-corrected chi connectivity index (χ1v) is 7.50. The largest absolute Gasteiger partial charge is 0.383 e. The lowest BCUT2D eigenvalue weighted by atomic mass is 10.2. The van der Waals surface area contributed by atoms with Gasteiger partial charge in [0.25, 0.3) is 0 Å². The lowest BCUT2D eigenvalue weighted by molar-refractivity contribution is 0.173. The third-order valence-electron chi connectivity index (χ3n) is 2.22. The highest BCUT2D eigenvalue weighted by Gasteiger charge is 2.12. The number of nitrogens with one attached hydrogen (secondary N) is 1. The van der Waals surface area contributed by atoms with Gasteiger partial charge in [-0.05, 0) is 25.1 Å². The number of rotatable bonds is 4. The summed E-state index contributed by atoms with van der Waals surface area (Å²) in [5.74, 6) is 1.02. The molecule has 0 unspecified atom stereocenters. The zero-order chi connectivity index (χ0) is 12.5. The molecule has 1 fully saturated rings. The van der Waals surface area contributed by atoms with Crippen molar-refractivity contribution < 1.29 is 4.74 Å². The molecule has 1 aliphatic heterocycles. The van der Waals surface area contributed by atoms with Crippen LogP contribution in [0, 0.1) is 0 Å². The van der Waals surface area contributed by atoms with Crippen LogP contribution in [0.15, 0.2) is 4.34 Å². The maximum absolute atomic E-state index is 5.34. The fraction of sp³-hybridized carbons (Fsp3) is 0.800. The van der Waals surface area contributed by atoms with E-state index in [9.17, 15) is 0 Å². The fourth-order valence-corrected chi connectivity index (χ4v) is 3.04. The molecule has 0 amide bonds. The third-order valence-corrected chi connectivity index (χ3v) is 3.99. The number of aromatic nitrogens is 2. The van der Waals surface area contributed by atoms with Crippen LogP contribution in [-0.2, 0) is 4.74 Å². The highest BCUT2D eigenvalue weighted by atomic mass is 32.2. The summed E-state index contributed by atoms with van der Waals surface area (Å²) >= 11 is 3.09. The van der Waals surface area contributed by atoms with Gasteiger partial charge in [-0.3, -0.25) is 0 Å². The SMILES string of the molecule is CCSc1nnc(N)s1.COC[C@@H]1CCCN1. The van der Waals surface area contributed by atoms with Crippen LogP contribution >= 0.6 is 23.1 Å². The van der Waals surface area contributed by atoms with E-state index in [1.165, 1.54) is 30.7 Å². The van der Waals surface area contributed by atoms with E-state index in [0.717, 1.165) is 16.7 Å². The molecule has 1 atom stereocenters. The van der Waals surface area contributed by atoms with E-state index >= 15 is 0 Å². The molecule has 5 nitrogen and oxygen atoms in total. The second kappa shape index (κ2) is 8.68. The Balaban J connectivity index is 0.000000171. The van der Waals surface area contributed by atoms with Crippen molar-refractivity contribution in [1.29, 1.82) is 0 Å². The smallest absolute Gasteiger partial charge is 0.203 e. The lowest BCUT2D eigenvalue weighted by Gasteiger charge is -2.05. The van der Waals surface area contributed by atoms with Crippen molar-refractivity contribution in [3.63, 3.8) is 0 Å². The van der Waals surface area contributed by atoms with Crippen LogP contribution in [0.2, 0.25) is 0 Å². The number of methoxy groups -OCH3 is 1. The summed E-state index contributed by atoms with van der Waals surface area (Å²) < 4.78 is 5.92. The Labute approximate surface area is 111 Å². The lowest BCUT2D eigenvalue weighted by Crippen LogP contribution is -2.25. The molecule has 1 saturated heterocycles. The summed E-state index contributed by atoms with van der Waals surface area (Å²) in [4.78, 5) is 0. The number of ether oxygens (including phenoxy) is 1. The van der Waals surface area contributed by atoms with Gasteiger partial charge < -0.3 is 15.8 Å². The third kappa shape index (κ3) is 6.21. The van der Waals surface area contributed by atoms with Gasteiger partial charge in [0.05, 0.1) is 6.61 Å². The Morgan fingerprint density at radius 1 is 1.59 bits per heavy atom. The minimum Gasteiger partial charge on any atom is -0.383 e. The predicted octanol–water partition coefficient (Wildman–Crippen LogP) is 1.62. The van der Waals surface area contributed by atoms with Crippen LogP contribution in [0.4, 0.5) is 5.13 Å². The maximum atomic E-state index is 5.34. The van der Waals surface area contributed by atoms with Crippen LogP contribution < -0.4 is 11.1 Å². The number of nitrogen functional groups attached to an aromatic ring is 1. The fourth-order valence-electron chi connectivity index (χ4n) is 1.50. The van der Waals surface area contributed by atoms with E-state index in [-0.39, 0.29) is 0 Å². The molecule has 1 aromatic heterocycles. The summed E-state index contributed by atoms with van der Waals surface area (Å²) in [5, 5.41) is 11.4. The van der Waals surface area contributed by atoms with Gasteiger partial charge in [-0.2, -0.15) is 0 Å². The van der Waals surface area contributed by atoms with Crippen LogP contribution in [-0.4, -0.2) is 42.3 Å². The number of hydrogen-bond donors (Lipinski definition) is 2. The van der Waals surface area contributed by atoms with Crippen LogP contribution in [0.1, 0.15) is 19.8 Å². The molecule has 0 bridgehead atoms. The molecule has 7 heteroatoms. The maximum Gasteiger partial charge on any atom is 0.203 e. The number of nitrogens with two attached hydrogens (primary N) is 1. The molecule has 3 N–H and O–H groups in total. The van der Waals surface area contributed by atoms with E-state index in [1.807, 2.05) is 0 Å². The average molecular weight is 276 g/mol. The molecule has 0 aromatic carbocycles. The van der Waals surface area contributed by atoms with Gasteiger partial charge in [0, 0.05) is 13.2 Å². The Bertz CT molecular complexity index is 302. The zero-order valence-electron chi connectivity index (χ0n) is 10.3. The Hall–Kier alpha value is -0.370. The minimum atomic E-state index is 0.547. The van der Waals surface area contributed by atoms with Crippen LogP contribution in [0.3, 0.4) is 0 Å². The van der Waals surface area contributed by atoms with Gasteiger partial charge in [-0.1, -0.05) is 30.0 Å². The van der Waals surface area contributed by atoms with Crippen LogP contribution in [0.25, 0.3) is 0 Å². The number of anilines is 1. The molecule has 0 saturated carbocycles. The van der Waals surface area contributed by atoms with E-state index < -0.39 is 0 Å². The molecule has 17 heavy (non-hydrogen) atoms. The van der Waals surface area contributed by atoms with E-state index in [4.69, 9.17) is 10.5 Å². The van der Waals surface area contributed by atoms with Crippen molar-refractivity contribution in [2.24, 2.45) is 0 Å². The highest BCUT2D eigenvalue weighted by molar-refractivity contribution is 8.01. The molecular weight excluding hydrogens is 256 g/mol. The van der Waals surface area contributed by atoms with Crippen molar-refractivity contribution in [3.05, 3.63) is 0 Å². The molecule has 1 aliphatic rings. The predicted molar refractivity (Wildman–Crippen MR) is 73.6 cm³/mol. The molecule has 0 radical (unpaired) electrons. The topological polar surface area (TPSA) is 73.1 Å². The first-order chi connectivity index (χ1) is 8.26. The molecule has 2 heterocycles. The summed E-state index contributed by atoms with van der Waals surface area (Å²) in [5.41, 5.74) is 5.34. The van der Waals surface area contributed by atoms with Gasteiger partial charge in [-0.25, -0.2) is 0 Å². The van der Waals surface area contributed by atoms with Crippen LogP contribution in [0.5, 0.6) is 0 Å². The van der Waals surface area contributed by atoms with E-state index in [1.54, 1.807) is 18.9 Å². The summed E-state index contributed by atoms with van der Waals surface area (Å²) in [7, 11) is 1.75. The first kappa shape index (κ1) is 14.7. The number of thioether (sulfide) groups is 1. The van der Waals surface area contributed by atoms with E-state index in [2.05, 4.69) is 22.4 Å².